The molecule has 1 aliphatic rings. The minimum absolute atomic E-state index is 0.604. The van der Waals surface area contributed by atoms with Gasteiger partial charge in [-0.3, -0.25) is 0 Å². The van der Waals surface area contributed by atoms with Crippen molar-refractivity contribution in [1.82, 2.24) is 15.1 Å². The van der Waals surface area contributed by atoms with Crippen LogP contribution in [0.15, 0.2) is 19.0 Å². The summed E-state index contributed by atoms with van der Waals surface area (Å²) in [5.74, 6) is 0. The smallest absolute Gasteiger partial charge is 0.0813 e. The second-order valence-corrected chi connectivity index (χ2v) is 4.19. The van der Waals surface area contributed by atoms with Gasteiger partial charge in [0.1, 0.15) is 0 Å². The molecule has 2 heterocycles. The highest BCUT2D eigenvalue weighted by Gasteiger charge is 2.29. The quantitative estimate of drug-likeness (QED) is 0.764. The molecule has 1 aromatic heterocycles. The maximum atomic E-state index is 10.3. The monoisotopic (exact) mass is 207 g/mol. The fourth-order valence-electron chi connectivity index (χ4n) is 2.05. The van der Waals surface area contributed by atoms with Gasteiger partial charge >= 0.3 is 0 Å². The zero-order valence-corrected chi connectivity index (χ0v) is 8.82. The molecule has 1 aliphatic heterocycles. The van der Waals surface area contributed by atoms with Crippen molar-refractivity contribution in [3.8, 4) is 0 Å². The van der Waals surface area contributed by atoms with Crippen LogP contribution in [-0.4, -0.2) is 33.6 Å². The molecule has 1 aromatic rings. The first kappa shape index (κ1) is 10.4. The summed E-state index contributed by atoms with van der Waals surface area (Å²) in [6, 6.07) is 0. The molecule has 0 radical (unpaired) electrons. The third-order valence-electron chi connectivity index (χ3n) is 2.82. The number of rotatable bonds is 3. The van der Waals surface area contributed by atoms with E-state index in [-0.39, 0.29) is 0 Å². The third kappa shape index (κ3) is 2.46. The molecule has 1 saturated heterocycles. The van der Waals surface area contributed by atoms with Crippen LogP contribution in [0.5, 0.6) is 0 Å². The number of β-amino-alcohol motifs (C(OH)–C–C–N with tert-alkyl or cyclic N) is 1. The van der Waals surface area contributed by atoms with Crippen LogP contribution in [-0.2, 0) is 6.42 Å². The summed E-state index contributed by atoms with van der Waals surface area (Å²) in [6.07, 6.45) is 7.89. The number of aliphatic hydroxyl groups is 1. The summed E-state index contributed by atoms with van der Waals surface area (Å²) in [7, 11) is 0. The first-order valence-electron chi connectivity index (χ1n) is 5.31. The Balaban J connectivity index is 2.03. The van der Waals surface area contributed by atoms with E-state index in [0.29, 0.717) is 13.0 Å². The van der Waals surface area contributed by atoms with Crippen molar-refractivity contribution in [2.75, 3.05) is 13.1 Å². The van der Waals surface area contributed by atoms with Gasteiger partial charge < -0.3 is 10.4 Å². The molecule has 1 unspecified atom stereocenters. The van der Waals surface area contributed by atoms with Gasteiger partial charge in [0.2, 0.25) is 0 Å². The Bertz CT molecular complexity index is 339. The number of nitrogens with one attached hydrogen (secondary N) is 1. The highest BCUT2D eigenvalue weighted by Crippen LogP contribution is 2.20. The van der Waals surface area contributed by atoms with E-state index in [1.54, 1.807) is 17.1 Å². The van der Waals surface area contributed by atoms with E-state index in [1.165, 1.54) is 0 Å². The fraction of sp³-hybridized carbons (Fsp3) is 0.545. The van der Waals surface area contributed by atoms with Crippen molar-refractivity contribution in [2.45, 2.75) is 24.9 Å². The van der Waals surface area contributed by atoms with Crippen LogP contribution in [0, 0.1) is 0 Å². The lowest BCUT2D eigenvalue weighted by Gasteiger charge is -2.32. The van der Waals surface area contributed by atoms with E-state index in [9.17, 15) is 5.11 Å². The standard InChI is InChI=1S/C11H17N3O/c1-2-14-8-10(7-13-14)6-11(15)4-3-5-12-9-11/h2,7-8,12,15H,1,3-6,9H2. The zero-order valence-electron chi connectivity index (χ0n) is 8.82. The van der Waals surface area contributed by atoms with Gasteiger partial charge in [0, 0.05) is 25.4 Å². The largest absolute Gasteiger partial charge is 0.388 e. The fourth-order valence-corrected chi connectivity index (χ4v) is 2.05. The molecule has 0 amide bonds. The lowest BCUT2D eigenvalue weighted by molar-refractivity contribution is 0.0169. The highest BCUT2D eigenvalue weighted by atomic mass is 16.3. The van der Waals surface area contributed by atoms with Crippen molar-refractivity contribution in [2.24, 2.45) is 0 Å². The van der Waals surface area contributed by atoms with Gasteiger partial charge in [0.25, 0.3) is 0 Å². The maximum absolute atomic E-state index is 10.3. The number of hydrogen-bond acceptors (Lipinski definition) is 3. The number of aromatic nitrogens is 2. The van der Waals surface area contributed by atoms with Gasteiger partial charge in [-0.05, 0) is 24.9 Å². The summed E-state index contributed by atoms with van der Waals surface area (Å²) >= 11 is 0. The predicted octanol–water partition coefficient (Wildman–Crippen LogP) is 0.641. The van der Waals surface area contributed by atoms with Crippen LogP contribution in [0.1, 0.15) is 18.4 Å². The van der Waals surface area contributed by atoms with Crippen LogP contribution in [0.25, 0.3) is 6.20 Å². The summed E-state index contributed by atoms with van der Waals surface area (Å²) in [5.41, 5.74) is 0.453. The molecule has 4 nitrogen and oxygen atoms in total. The molecular weight excluding hydrogens is 190 g/mol. The van der Waals surface area contributed by atoms with E-state index in [1.807, 2.05) is 6.20 Å². The second-order valence-electron chi connectivity index (χ2n) is 4.19. The SMILES string of the molecule is C=Cn1cc(CC2(O)CCCNC2)cn1. The molecule has 0 spiro atoms. The van der Waals surface area contributed by atoms with Gasteiger partial charge in [-0.1, -0.05) is 6.58 Å². The summed E-state index contributed by atoms with van der Waals surface area (Å²) < 4.78 is 1.66. The Kier molecular flexibility index (Phi) is 2.88. The lowest BCUT2D eigenvalue weighted by Crippen LogP contribution is -2.47. The minimum Gasteiger partial charge on any atom is -0.388 e. The number of nitrogens with zero attached hydrogens (tertiary/aromatic N) is 2. The Morgan fingerprint density at radius 1 is 1.73 bits per heavy atom. The number of hydrogen-bond donors (Lipinski definition) is 2. The highest BCUT2D eigenvalue weighted by molar-refractivity contribution is 5.19. The van der Waals surface area contributed by atoms with Gasteiger partial charge in [-0.2, -0.15) is 5.10 Å². The van der Waals surface area contributed by atoms with Crippen LogP contribution < -0.4 is 5.32 Å². The van der Waals surface area contributed by atoms with Crippen LogP contribution in [0.2, 0.25) is 0 Å². The van der Waals surface area contributed by atoms with Crippen LogP contribution in [0.3, 0.4) is 0 Å². The average molecular weight is 207 g/mol. The Labute approximate surface area is 89.6 Å². The molecule has 1 fully saturated rings. The first-order valence-corrected chi connectivity index (χ1v) is 5.31. The van der Waals surface area contributed by atoms with Crippen molar-refractivity contribution < 1.29 is 5.11 Å². The topological polar surface area (TPSA) is 50.1 Å². The molecule has 0 aromatic carbocycles. The van der Waals surface area contributed by atoms with E-state index >= 15 is 0 Å². The molecule has 4 heteroatoms. The van der Waals surface area contributed by atoms with Gasteiger partial charge in [0.15, 0.2) is 0 Å². The van der Waals surface area contributed by atoms with Crippen molar-refractivity contribution in [1.29, 1.82) is 0 Å². The van der Waals surface area contributed by atoms with E-state index in [4.69, 9.17) is 0 Å². The molecule has 0 aliphatic carbocycles. The molecule has 0 saturated carbocycles. The Morgan fingerprint density at radius 2 is 2.60 bits per heavy atom. The molecule has 1 atom stereocenters. The minimum atomic E-state index is -0.604. The van der Waals surface area contributed by atoms with Gasteiger partial charge in [-0.25, -0.2) is 4.68 Å². The molecule has 82 valence electrons. The summed E-state index contributed by atoms with van der Waals surface area (Å²) in [5, 5.41) is 17.6. The molecule has 0 bridgehead atoms. The Morgan fingerprint density at radius 3 is 3.20 bits per heavy atom. The van der Waals surface area contributed by atoms with Crippen molar-refractivity contribution in [3.63, 3.8) is 0 Å². The van der Waals surface area contributed by atoms with Gasteiger partial charge in [-0.15, -0.1) is 0 Å². The molecule has 2 rings (SSSR count). The zero-order chi connectivity index (χ0) is 10.7. The molecule has 2 N–H and O–H groups in total. The van der Waals surface area contributed by atoms with E-state index in [2.05, 4.69) is 17.0 Å². The maximum Gasteiger partial charge on any atom is 0.0813 e. The van der Waals surface area contributed by atoms with E-state index < -0.39 is 5.60 Å². The molecular formula is C11H17N3O. The van der Waals surface area contributed by atoms with Crippen LogP contribution >= 0.6 is 0 Å². The predicted molar refractivity (Wildman–Crippen MR) is 59.4 cm³/mol. The normalized spacial score (nSPS) is 26.5. The van der Waals surface area contributed by atoms with Crippen molar-refractivity contribution in [3.05, 3.63) is 24.5 Å². The molecule has 15 heavy (non-hydrogen) atoms. The second kappa shape index (κ2) is 4.16. The van der Waals surface area contributed by atoms with Crippen LogP contribution in [0.4, 0.5) is 0 Å². The average Bonchev–Trinajstić information content (AvgIpc) is 2.66. The summed E-state index contributed by atoms with van der Waals surface area (Å²) in [6.45, 7) is 5.32. The lowest BCUT2D eigenvalue weighted by atomic mass is 9.88. The third-order valence-corrected chi connectivity index (χ3v) is 2.82. The number of piperidine rings is 1. The summed E-state index contributed by atoms with van der Waals surface area (Å²) in [4.78, 5) is 0. The Hall–Kier alpha value is -1.13. The first-order chi connectivity index (χ1) is 7.22. The van der Waals surface area contributed by atoms with Gasteiger partial charge in [0.05, 0.1) is 11.8 Å². The van der Waals surface area contributed by atoms with Crippen molar-refractivity contribution >= 4 is 6.20 Å². The van der Waals surface area contributed by atoms with E-state index in [0.717, 1.165) is 24.9 Å².